The summed E-state index contributed by atoms with van der Waals surface area (Å²) < 4.78 is 0. The molecule has 0 atom stereocenters. The van der Waals surface area contributed by atoms with Gasteiger partial charge in [0.05, 0.1) is 0 Å². The van der Waals surface area contributed by atoms with Crippen LogP contribution in [0.2, 0.25) is 0 Å². The molecule has 0 amide bonds. The van der Waals surface area contributed by atoms with Gasteiger partial charge in [-0.25, -0.2) is 0 Å². The van der Waals surface area contributed by atoms with E-state index >= 15 is 0 Å². The summed E-state index contributed by atoms with van der Waals surface area (Å²) in [5.41, 5.74) is 0.754. The molecule has 0 N–H and O–H groups in total. The van der Waals surface area contributed by atoms with Crippen molar-refractivity contribution in [2.75, 3.05) is 20.1 Å². The van der Waals surface area contributed by atoms with E-state index in [4.69, 9.17) is 0 Å². The molecule has 1 nitrogen and oxygen atoms in total. The minimum absolute atomic E-state index is 0.754. The lowest BCUT2D eigenvalue weighted by Crippen LogP contribution is -2.38. The van der Waals surface area contributed by atoms with Crippen LogP contribution in [-0.4, -0.2) is 25.0 Å². The second kappa shape index (κ2) is 6.05. The maximum atomic E-state index is 2.52. The molecule has 1 spiro atoms. The second-order valence-corrected chi connectivity index (χ2v) is 6.28. The number of hydrogen-bond acceptors (Lipinski definition) is 1. The van der Waals surface area contributed by atoms with E-state index in [9.17, 15) is 0 Å². The quantitative estimate of drug-likeness (QED) is 0.594. The fraction of sp³-hybridized carbons (Fsp3) is 1.00. The fourth-order valence-corrected chi connectivity index (χ4v) is 3.60. The topological polar surface area (TPSA) is 3.24 Å². The Bertz CT molecular complexity index is 180. The third-order valence-electron chi connectivity index (χ3n) is 4.96. The Kier molecular flexibility index (Phi) is 4.69. The molecule has 2 rings (SSSR count). The average molecular weight is 223 g/mol. The third-order valence-corrected chi connectivity index (χ3v) is 4.96. The van der Waals surface area contributed by atoms with Crippen molar-refractivity contribution in [1.82, 2.24) is 4.90 Å². The normalized spacial score (nSPS) is 29.1. The van der Waals surface area contributed by atoms with Gasteiger partial charge < -0.3 is 4.90 Å². The van der Waals surface area contributed by atoms with Crippen molar-refractivity contribution in [2.24, 2.45) is 5.41 Å². The predicted molar refractivity (Wildman–Crippen MR) is 70.7 cm³/mol. The molecule has 1 heteroatoms. The largest absolute Gasteiger partial charge is 0.306 e. The van der Waals surface area contributed by atoms with Gasteiger partial charge in [0.15, 0.2) is 0 Å². The van der Waals surface area contributed by atoms with Gasteiger partial charge in [0.1, 0.15) is 0 Å². The molecule has 1 saturated carbocycles. The fourth-order valence-electron chi connectivity index (χ4n) is 3.60. The second-order valence-electron chi connectivity index (χ2n) is 6.28. The minimum atomic E-state index is 0.754. The third kappa shape index (κ3) is 3.48. The highest BCUT2D eigenvalue weighted by Crippen LogP contribution is 2.41. The van der Waals surface area contributed by atoms with Crippen LogP contribution in [0, 0.1) is 5.41 Å². The first-order chi connectivity index (χ1) is 7.81. The van der Waals surface area contributed by atoms with Crippen LogP contribution in [0.3, 0.4) is 0 Å². The van der Waals surface area contributed by atoms with Gasteiger partial charge in [0.25, 0.3) is 0 Å². The van der Waals surface area contributed by atoms with Gasteiger partial charge in [-0.15, -0.1) is 0 Å². The van der Waals surface area contributed by atoms with Gasteiger partial charge in [-0.3, -0.25) is 0 Å². The Morgan fingerprint density at radius 3 is 1.56 bits per heavy atom. The minimum Gasteiger partial charge on any atom is -0.306 e. The molecule has 2 aliphatic rings. The molecule has 0 unspecified atom stereocenters. The standard InChI is InChI=1S/C15H29N/c1-16-13-11-15(12-14-16)9-7-5-3-2-4-6-8-10-15/h2-14H2,1H3. The summed E-state index contributed by atoms with van der Waals surface area (Å²) in [6, 6.07) is 0. The van der Waals surface area contributed by atoms with Crippen LogP contribution in [0.15, 0.2) is 0 Å². The van der Waals surface area contributed by atoms with Gasteiger partial charge >= 0.3 is 0 Å². The lowest BCUT2D eigenvalue weighted by atomic mass is 9.70. The van der Waals surface area contributed by atoms with Gasteiger partial charge in [-0.2, -0.15) is 0 Å². The highest BCUT2D eigenvalue weighted by atomic mass is 15.1. The monoisotopic (exact) mass is 223 g/mol. The summed E-state index contributed by atoms with van der Waals surface area (Å²) >= 11 is 0. The molecule has 1 heterocycles. The zero-order valence-corrected chi connectivity index (χ0v) is 11.1. The van der Waals surface area contributed by atoms with E-state index in [1.807, 2.05) is 0 Å². The Labute approximate surface area is 102 Å². The number of piperidine rings is 1. The van der Waals surface area contributed by atoms with Crippen molar-refractivity contribution in [3.63, 3.8) is 0 Å². The summed E-state index contributed by atoms with van der Waals surface area (Å²) in [6.07, 6.45) is 16.5. The van der Waals surface area contributed by atoms with Crippen molar-refractivity contribution < 1.29 is 0 Å². The highest BCUT2D eigenvalue weighted by Gasteiger charge is 2.32. The first-order valence-electron chi connectivity index (χ1n) is 7.49. The molecule has 0 aromatic heterocycles. The smallest absolute Gasteiger partial charge is 0.00165 e. The zero-order valence-electron chi connectivity index (χ0n) is 11.1. The predicted octanol–water partition coefficient (Wildman–Crippen LogP) is 4.22. The Morgan fingerprint density at radius 2 is 1.06 bits per heavy atom. The molecule has 0 bridgehead atoms. The molecule has 0 radical (unpaired) electrons. The Balaban J connectivity index is 1.88. The van der Waals surface area contributed by atoms with Crippen molar-refractivity contribution >= 4 is 0 Å². The van der Waals surface area contributed by atoms with Crippen LogP contribution in [0.4, 0.5) is 0 Å². The van der Waals surface area contributed by atoms with Crippen LogP contribution in [0.5, 0.6) is 0 Å². The SMILES string of the molecule is CN1CCC2(CCCCCCCCC2)CC1. The van der Waals surface area contributed by atoms with E-state index in [1.54, 1.807) is 0 Å². The average Bonchev–Trinajstić information content (AvgIpc) is 2.32. The Hall–Kier alpha value is -0.0400. The first kappa shape index (κ1) is 12.4. The molecule has 1 aliphatic heterocycles. The van der Waals surface area contributed by atoms with Gasteiger partial charge in [-0.05, 0) is 51.2 Å². The zero-order chi connectivity index (χ0) is 11.3. The summed E-state index contributed by atoms with van der Waals surface area (Å²) in [5, 5.41) is 0. The van der Waals surface area contributed by atoms with E-state index in [-0.39, 0.29) is 0 Å². The maximum absolute atomic E-state index is 2.52. The molecule has 0 aromatic carbocycles. The number of nitrogens with zero attached hydrogens (tertiary/aromatic N) is 1. The lowest BCUT2D eigenvalue weighted by molar-refractivity contribution is 0.0947. The van der Waals surface area contributed by atoms with Crippen LogP contribution < -0.4 is 0 Å². The van der Waals surface area contributed by atoms with E-state index in [0.717, 1.165) is 5.41 Å². The van der Waals surface area contributed by atoms with E-state index in [1.165, 1.54) is 83.7 Å². The number of hydrogen-bond donors (Lipinski definition) is 0. The van der Waals surface area contributed by atoms with Gasteiger partial charge in [0.2, 0.25) is 0 Å². The van der Waals surface area contributed by atoms with Crippen molar-refractivity contribution in [2.45, 2.75) is 70.6 Å². The molecule has 16 heavy (non-hydrogen) atoms. The summed E-state index contributed by atoms with van der Waals surface area (Å²) in [6.45, 7) is 2.69. The van der Waals surface area contributed by atoms with Gasteiger partial charge in [-0.1, -0.05) is 44.9 Å². The van der Waals surface area contributed by atoms with Crippen molar-refractivity contribution in [3.05, 3.63) is 0 Å². The van der Waals surface area contributed by atoms with Crippen LogP contribution >= 0.6 is 0 Å². The van der Waals surface area contributed by atoms with E-state index in [0.29, 0.717) is 0 Å². The van der Waals surface area contributed by atoms with Crippen LogP contribution in [0.1, 0.15) is 70.6 Å². The number of rotatable bonds is 0. The highest BCUT2D eigenvalue weighted by molar-refractivity contribution is 4.85. The molecule has 0 aromatic rings. The molecular formula is C15H29N. The Morgan fingerprint density at radius 1 is 0.625 bits per heavy atom. The van der Waals surface area contributed by atoms with Gasteiger partial charge in [0, 0.05) is 0 Å². The first-order valence-corrected chi connectivity index (χ1v) is 7.49. The van der Waals surface area contributed by atoms with Crippen LogP contribution in [-0.2, 0) is 0 Å². The van der Waals surface area contributed by atoms with E-state index < -0.39 is 0 Å². The molecule has 1 saturated heterocycles. The summed E-state index contributed by atoms with van der Waals surface area (Å²) in [5.74, 6) is 0. The molecular weight excluding hydrogens is 194 g/mol. The molecule has 1 aliphatic carbocycles. The lowest BCUT2D eigenvalue weighted by Gasteiger charge is -2.41. The summed E-state index contributed by atoms with van der Waals surface area (Å²) in [4.78, 5) is 2.52. The van der Waals surface area contributed by atoms with E-state index in [2.05, 4.69) is 11.9 Å². The molecule has 2 fully saturated rings. The number of likely N-dealkylation sites (tertiary alicyclic amines) is 1. The maximum Gasteiger partial charge on any atom is -0.00165 e. The molecule has 94 valence electrons. The van der Waals surface area contributed by atoms with Crippen LogP contribution in [0.25, 0.3) is 0 Å². The van der Waals surface area contributed by atoms with Crippen molar-refractivity contribution in [3.8, 4) is 0 Å². The van der Waals surface area contributed by atoms with Crippen molar-refractivity contribution in [1.29, 1.82) is 0 Å². The summed E-state index contributed by atoms with van der Waals surface area (Å²) in [7, 11) is 2.28.